The van der Waals surface area contributed by atoms with Crippen molar-refractivity contribution in [2.24, 2.45) is 17.8 Å². The van der Waals surface area contributed by atoms with Crippen molar-refractivity contribution in [3.63, 3.8) is 0 Å². The SMILES string of the molecule is O=C1[C@@H]2[C@@H](CC(COc3ccccc3)=C([C@H](O)CC/C(=C/c3ccc(CO)o3)c3ccccn3)[C@@H]2CO)C(=O)N1c1cccc([N+](=O)[O-])c1. The number of aliphatic hydroxyl groups excluding tert-OH is 3. The second-order valence-corrected chi connectivity index (χ2v) is 12.0. The lowest BCUT2D eigenvalue weighted by Gasteiger charge is -2.36. The van der Waals surface area contributed by atoms with Gasteiger partial charge in [0, 0.05) is 24.2 Å². The molecule has 2 aromatic heterocycles. The van der Waals surface area contributed by atoms with Gasteiger partial charge in [-0.05, 0) is 84.5 Å². The number of nitro benzene ring substituents is 1. The zero-order chi connectivity index (χ0) is 34.5. The summed E-state index contributed by atoms with van der Waals surface area (Å²) in [7, 11) is 0. The molecule has 0 unspecified atom stereocenters. The number of allylic oxidation sites excluding steroid dienone is 1. The first kappa shape index (κ1) is 33.5. The van der Waals surface area contributed by atoms with Crippen LogP contribution < -0.4 is 9.64 Å². The number of aromatic nitrogens is 1. The van der Waals surface area contributed by atoms with Crippen molar-refractivity contribution < 1.29 is 39.0 Å². The molecule has 0 bridgehead atoms. The van der Waals surface area contributed by atoms with E-state index in [1.54, 1.807) is 42.6 Å². The molecule has 3 heterocycles. The van der Waals surface area contributed by atoms with Crippen LogP contribution in [0.4, 0.5) is 11.4 Å². The van der Waals surface area contributed by atoms with Crippen LogP contribution in [0.1, 0.15) is 36.5 Å². The number of imide groups is 1. The number of benzene rings is 2. The molecule has 0 saturated carbocycles. The van der Waals surface area contributed by atoms with Crippen LogP contribution in [-0.4, -0.2) is 56.4 Å². The molecule has 49 heavy (non-hydrogen) atoms. The Morgan fingerprint density at radius 1 is 1.04 bits per heavy atom. The Hall–Kier alpha value is -5.43. The summed E-state index contributed by atoms with van der Waals surface area (Å²) in [5.41, 5.74) is 2.25. The lowest BCUT2D eigenvalue weighted by molar-refractivity contribution is -0.384. The van der Waals surface area contributed by atoms with Crippen LogP contribution in [0, 0.1) is 27.9 Å². The van der Waals surface area contributed by atoms with Gasteiger partial charge in [0.1, 0.15) is 30.5 Å². The van der Waals surface area contributed by atoms with Gasteiger partial charge >= 0.3 is 0 Å². The number of ether oxygens (including phenoxy) is 1. The summed E-state index contributed by atoms with van der Waals surface area (Å²) in [5.74, 6) is -2.42. The molecule has 12 heteroatoms. The van der Waals surface area contributed by atoms with Gasteiger partial charge in [0.25, 0.3) is 5.69 Å². The van der Waals surface area contributed by atoms with E-state index in [2.05, 4.69) is 4.98 Å². The van der Waals surface area contributed by atoms with Gasteiger partial charge in [-0.2, -0.15) is 0 Å². The van der Waals surface area contributed by atoms with Crippen LogP contribution in [0.5, 0.6) is 5.75 Å². The van der Waals surface area contributed by atoms with Gasteiger partial charge in [0.2, 0.25) is 11.8 Å². The highest BCUT2D eigenvalue weighted by molar-refractivity contribution is 6.22. The number of carbonyl (C=O) groups is 2. The molecule has 252 valence electrons. The molecule has 0 spiro atoms. The molecule has 12 nitrogen and oxygen atoms in total. The number of aliphatic hydroxyl groups is 3. The van der Waals surface area contributed by atoms with Crippen LogP contribution in [0.15, 0.2) is 107 Å². The van der Waals surface area contributed by atoms with Crippen molar-refractivity contribution in [2.75, 3.05) is 18.1 Å². The van der Waals surface area contributed by atoms with Crippen LogP contribution >= 0.6 is 0 Å². The molecule has 1 aliphatic heterocycles. The number of para-hydroxylation sites is 1. The summed E-state index contributed by atoms with van der Waals surface area (Å²) in [6.45, 7) is -0.769. The first-order chi connectivity index (χ1) is 23.8. The number of carbonyl (C=O) groups excluding carboxylic acids is 2. The van der Waals surface area contributed by atoms with Crippen molar-refractivity contribution in [1.82, 2.24) is 4.98 Å². The number of nitrogens with zero attached hydrogens (tertiary/aromatic N) is 3. The van der Waals surface area contributed by atoms with Crippen molar-refractivity contribution in [1.29, 1.82) is 0 Å². The fraction of sp³-hybridized carbons (Fsp3) is 0.270. The first-order valence-electron chi connectivity index (χ1n) is 15.9. The standard InChI is InChI=1S/C37H35N3O9/c41-20-29-14-13-28(49-29)17-23(32-11-4-5-16-38-32)12-15-33(43)34-24(22-48-27-9-2-1-3-10-27)18-30-35(31(34)21-42)37(45)39(36(30)44)25-7-6-8-26(19-25)40(46)47/h1-11,13-14,16-17,19,30-31,33,35,41-43H,12,15,18,20-22H2/b23-17-/t30-,31+,33-,35-/m1/s1. The summed E-state index contributed by atoms with van der Waals surface area (Å²) < 4.78 is 11.8. The van der Waals surface area contributed by atoms with Crippen molar-refractivity contribution in [3.05, 3.63) is 130 Å². The van der Waals surface area contributed by atoms with Crippen LogP contribution in [0.3, 0.4) is 0 Å². The van der Waals surface area contributed by atoms with E-state index in [0.717, 1.165) is 10.5 Å². The Morgan fingerprint density at radius 3 is 2.53 bits per heavy atom. The Kier molecular flexibility index (Phi) is 10.1. The van der Waals surface area contributed by atoms with Crippen molar-refractivity contribution in [3.8, 4) is 5.75 Å². The third-order valence-corrected chi connectivity index (χ3v) is 9.03. The number of furan rings is 1. The number of amides is 2. The lowest BCUT2D eigenvalue weighted by atomic mass is 9.68. The van der Waals surface area contributed by atoms with Gasteiger partial charge in [-0.15, -0.1) is 0 Å². The average molecular weight is 666 g/mol. The topological polar surface area (TPSA) is 176 Å². The highest BCUT2D eigenvalue weighted by Crippen LogP contribution is 2.47. The average Bonchev–Trinajstić information content (AvgIpc) is 3.69. The molecule has 1 saturated heterocycles. The molecule has 6 rings (SSSR count). The highest BCUT2D eigenvalue weighted by atomic mass is 16.6. The summed E-state index contributed by atoms with van der Waals surface area (Å²) in [5, 5.41) is 43.6. The molecule has 4 aromatic rings. The number of hydrogen-bond donors (Lipinski definition) is 3. The maximum absolute atomic E-state index is 14.0. The van der Waals surface area contributed by atoms with E-state index in [-0.39, 0.29) is 37.4 Å². The first-order valence-corrected chi connectivity index (χ1v) is 15.9. The van der Waals surface area contributed by atoms with Gasteiger partial charge in [0.15, 0.2) is 0 Å². The smallest absolute Gasteiger partial charge is 0.271 e. The van der Waals surface area contributed by atoms with Gasteiger partial charge in [-0.25, -0.2) is 4.90 Å². The van der Waals surface area contributed by atoms with E-state index in [0.29, 0.717) is 40.5 Å². The minimum absolute atomic E-state index is 0.00761. The molecule has 2 aliphatic rings. The van der Waals surface area contributed by atoms with E-state index in [1.165, 1.54) is 24.3 Å². The molecule has 2 amide bonds. The third kappa shape index (κ3) is 7.07. The number of anilines is 1. The highest BCUT2D eigenvalue weighted by Gasteiger charge is 2.55. The van der Waals surface area contributed by atoms with Crippen molar-refractivity contribution >= 4 is 34.8 Å². The number of rotatable bonds is 13. The largest absolute Gasteiger partial charge is 0.489 e. The van der Waals surface area contributed by atoms with E-state index in [9.17, 15) is 35.0 Å². The minimum atomic E-state index is -1.14. The molecule has 0 radical (unpaired) electrons. The van der Waals surface area contributed by atoms with Crippen LogP contribution in [0.25, 0.3) is 11.6 Å². The third-order valence-electron chi connectivity index (χ3n) is 9.03. The van der Waals surface area contributed by atoms with Gasteiger partial charge in [-0.3, -0.25) is 24.7 Å². The second-order valence-electron chi connectivity index (χ2n) is 12.0. The van der Waals surface area contributed by atoms with E-state index < -0.39 is 47.2 Å². The molecule has 2 aromatic carbocycles. The number of hydrogen-bond acceptors (Lipinski definition) is 10. The Labute approximate surface area is 281 Å². The molecule has 1 fully saturated rings. The number of nitro groups is 1. The maximum atomic E-state index is 14.0. The molecular formula is C37H35N3O9. The fourth-order valence-electron chi connectivity index (χ4n) is 6.78. The molecule has 3 N–H and O–H groups in total. The van der Waals surface area contributed by atoms with Crippen LogP contribution in [-0.2, 0) is 16.2 Å². The van der Waals surface area contributed by atoms with Gasteiger partial charge in [-0.1, -0.05) is 30.3 Å². The molecule has 1 aliphatic carbocycles. The quantitative estimate of drug-likeness (QED) is 0.0767. The lowest BCUT2D eigenvalue weighted by Crippen LogP contribution is -2.40. The monoisotopic (exact) mass is 665 g/mol. The van der Waals surface area contributed by atoms with E-state index in [4.69, 9.17) is 9.15 Å². The summed E-state index contributed by atoms with van der Waals surface area (Å²) >= 11 is 0. The number of fused-ring (bicyclic) bond motifs is 1. The normalized spacial score (nSPS) is 20.0. The molecule has 4 atom stereocenters. The number of non-ortho nitro benzene ring substituents is 1. The Morgan fingerprint density at radius 2 is 1.84 bits per heavy atom. The summed E-state index contributed by atoms with van der Waals surface area (Å²) in [6, 6.07) is 23.2. The van der Waals surface area contributed by atoms with E-state index in [1.807, 2.05) is 30.3 Å². The zero-order valence-corrected chi connectivity index (χ0v) is 26.4. The maximum Gasteiger partial charge on any atom is 0.271 e. The molecular weight excluding hydrogens is 630 g/mol. The second kappa shape index (κ2) is 14.8. The predicted molar refractivity (Wildman–Crippen MR) is 179 cm³/mol. The number of pyridine rings is 1. The Bertz CT molecular complexity index is 1890. The van der Waals surface area contributed by atoms with Crippen molar-refractivity contribution in [2.45, 2.75) is 32.0 Å². The van der Waals surface area contributed by atoms with Gasteiger partial charge < -0.3 is 24.5 Å². The zero-order valence-electron chi connectivity index (χ0n) is 26.4. The summed E-state index contributed by atoms with van der Waals surface area (Å²) in [4.78, 5) is 44.1. The fourth-order valence-corrected chi connectivity index (χ4v) is 6.78. The van der Waals surface area contributed by atoms with E-state index >= 15 is 0 Å². The summed E-state index contributed by atoms with van der Waals surface area (Å²) in [6.07, 6.45) is 2.89. The predicted octanol–water partition coefficient (Wildman–Crippen LogP) is 4.95. The Balaban J connectivity index is 1.33. The van der Waals surface area contributed by atoms with Crippen LogP contribution in [0.2, 0.25) is 0 Å². The van der Waals surface area contributed by atoms with Gasteiger partial charge in [0.05, 0.1) is 40.9 Å². The minimum Gasteiger partial charge on any atom is -0.489 e.